The minimum Gasteiger partial charge on any atom is -0.397 e. The highest BCUT2D eigenvalue weighted by molar-refractivity contribution is 6.21. The molecule has 35 heteroatoms. The van der Waals surface area contributed by atoms with E-state index in [9.17, 15) is 82.2 Å². The zero-order valence-corrected chi connectivity index (χ0v) is 72.3. The van der Waals surface area contributed by atoms with Crippen molar-refractivity contribution in [2.75, 3.05) is 25.5 Å². The minimum atomic E-state index is -0.828. The molecule has 0 saturated carbocycles. The summed E-state index contributed by atoms with van der Waals surface area (Å²) in [5, 5.41) is 19.1. The van der Waals surface area contributed by atoms with Crippen molar-refractivity contribution in [1.82, 2.24) is 59.7 Å². The lowest BCUT2D eigenvalue weighted by Crippen LogP contribution is -2.33. The normalized spacial score (nSPS) is 12.6. The molecule has 11 aromatic heterocycles. The number of aromatic nitrogens is 11. The molecule has 1 saturated heterocycles. The molecule has 138 heavy (non-hydrogen) atoms. The molecule has 0 aliphatic carbocycles. The van der Waals surface area contributed by atoms with Crippen molar-refractivity contribution in [2.24, 2.45) is 5.73 Å². The first-order valence-electron chi connectivity index (χ1n) is 41.5. The number of aliphatic hydroxyl groups excluding tert-OH is 1. The summed E-state index contributed by atoms with van der Waals surface area (Å²) in [5.41, 5.74) is 24.3. The number of nitriles is 1. The molecule has 2 aliphatic heterocycles. The SMILES string of the molecule is CC(N)c1cc2ncccc2nc1-c1cc(F)cc(F)c1.CC(O)c1cc2ncccc2nc1-c1cc(F)cc(F)c1.CC(c1cc2ncccc2nc1-c1cc(F)cc(F)c1)N1C(=O)c2ccccc2C1=O.N#Cc1cc2ncccc2nc1-c1cc(F)cc(F)c1.Nc1cccnc1C1OCCO1.O=Cc1cc2ncccc2nc1-c1cc(F)cc(F)c1.[C-]#[N+]CC(=O)c1cc(F)cc(F)c1. The average molecular weight is 1870 g/mol. The number of aldehydes is 1. The number of anilines is 1. The summed E-state index contributed by atoms with van der Waals surface area (Å²) in [6, 6.07) is 55.0. The molecule has 7 aromatic carbocycles. The lowest BCUT2D eigenvalue weighted by atomic mass is 9.98. The fourth-order valence-electron chi connectivity index (χ4n) is 14.5. The summed E-state index contributed by atoms with van der Waals surface area (Å²) >= 11 is 0. The van der Waals surface area contributed by atoms with Gasteiger partial charge in [-0.3, -0.25) is 54.0 Å². The number of halogens is 12. The van der Waals surface area contributed by atoms with Crippen LogP contribution in [0, 0.1) is 87.7 Å². The number of nitrogens with zero attached hydrogens (tertiary/aromatic N) is 14. The maximum Gasteiger partial charge on any atom is 0.276 e. The molecule has 0 spiro atoms. The van der Waals surface area contributed by atoms with Crippen molar-refractivity contribution in [2.45, 2.75) is 45.2 Å². The Hall–Kier alpha value is -17.3. The molecular formula is C103H70F12N16O7. The molecule has 688 valence electrons. The molecular weight excluding hydrogens is 1800 g/mol. The van der Waals surface area contributed by atoms with Crippen LogP contribution in [0.25, 0.3) is 116 Å². The third-order valence-electron chi connectivity index (χ3n) is 20.7. The minimum absolute atomic E-state index is 0.103. The van der Waals surface area contributed by atoms with Gasteiger partial charge in [0.25, 0.3) is 18.4 Å². The van der Waals surface area contributed by atoms with E-state index in [1.165, 1.54) is 36.4 Å². The van der Waals surface area contributed by atoms with Gasteiger partial charge >= 0.3 is 0 Å². The van der Waals surface area contributed by atoms with E-state index in [1.54, 1.807) is 179 Å². The number of carbonyl (C=O) groups is 4. The van der Waals surface area contributed by atoms with Gasteiger partial charge in [0, 0.05) is 130 Å². The highest BCUT2D eigenvalue weighted by atomic mass is 19.2. The summed E-state index contributed by atoms with van der Waals surface area (Å²) in [6.45, 7) is 12.3. The highest BCUT2D eigenvalue weighted by Gasteiger charge is 2.40. The average Bonchev–Trinajstić information content (AvgIpc) is 1.59. The van der Waals surface area contributed by atoms with Crippen LogP contribution in [-0.2, 0) is 9.47 Å². The fourth-order valence-corrected chi connectivity index (χ4v) is 14.5. The number of nitrogen functional groups attached to an aromatic ring is 1. The lowest BCUT2D eigenvalue weighted by molar-refractivity contribution is -0.0466. The van der Waals surface area contributed by atoms with Crippen LogP contribution < -0.4 is 11.5 Å². The smallest absolute Gasteiger partial charge is 0.276 e. The predicted octanol–water partition coefficient (Wildman–Crippen LogP) is 21.8. The zero-order chi connectivity index (χ0) is 98.1. The van der Waals surface area contributed by atoms with Crippen molar-refractivity contribution in [3.05, 3.63) is 405 Å². The second kappa shape index (κ2) is 43.6. The zero-order valence-electron chi connectivity index (χ0n) is 72.3. The van der Waals surface area contributed by atoms with Crippen LogP contribution in [0.15, 0.2) is 274 Å². The number of hydrogen-bond acceptors (Lipinski definition) is 21. The third-order valence-corrected chi connectivity index (χ3v) is 20.7. The van der Waals surface area contributed by atoms with E-state index >= 15 is 0 Å². The number of pyridine rings is 11. The van der Waals surface area contributed by atoms with Gasteiger partial charge in [0.1, 0.15) is 81.6 Å². The van der Waals surface area contributed by atoms with E-state index < -0.39 is 99.6 Å². The first-order chi connectivity index (χ1) is 66.4. The Balaban J connectivity index is 0.000000131. The van der Waals surface area contributed by atoms with E-state index in [0.29, 0.717) is 137 Å². The molecule has 20 rings (SSSR count). The van der Waals surface area contributed by atoms with Gasteiger partial charge in [-0.15, -0.1) is 0 Å². The van der Waals surface area contributed by atoms with Crippen molar-refractivity contribution < 1.29 is 86.4 Å². The van der Waals surface area contributed by atoms with Gasteiger partial charge in [-0.1, -0.05) is 12.1 Å². The molecule has 0 radical (unpaired) electrons. The Morgan fingerprint density at radius 2 is 0.754 bits per heavy atom. The second-order valence-electron chi connectivity index (χ2n) is 30.4. The molecule has 23 nitrogen and oxygen atoms in total. The Morgan fingerprint density at radius 1 is 0.435 bits per heavy atom. The van der Waals surface area contributed by atoms with Gasteiger partial charge in [-0.25, -0.2) is 84.2 Å². The standard InChI is InChI=1S/C24H15F2N3O2.C16H13F2N3.C16H12F2N2O.C15H7F2N3.C15H8F2N2O.C9H5F2NO.C8H10N2O2/c1-13(29-23(30)17-5-2-3-6-18(17)24(29)31)19-12-21-20(7-4-8-27-21)28-22(19)14-9-15(25)11-16(26)10-14;1-9(19)13-8-15-14(3-2-4-20-15)21-16(13)10-5-11(17)7-12(18)6-10;1-9(21)13-8-15-14(3-2-4-19-15)20-16(13)10-5-11(17)7-12(18)6-10;16-11-4-9(5-12(17)7-11)15-10(8-18)6-14-13(20-15)2-1-3-19-14;16-11-4-9(5-12(17)7-11)15-10(8-20)6-14-13(19-15)2-1-3-18-14;1-12-5-9(13)6-2-7(10)4-8(11)3-6;9-6-2-1-3-10-7(6)8-11-4-5-12-8/h2-13H,1H3;2-9H,19H2,1H3;2-9,21H,1H3;1-7H;1-8H;2-4H,5H2;1-3,8H,4-5,9H2. The van der Waals surface area contributed by atoms with E-state index in [4.69, 9.17) is 27.5 Å². The van der Waals surface area contributed by atoms with Crippen LogP contribution in [0.1, 0.15) is 115 Å². The Kier molecular flexibility index (Phi) is 30.6. The van der Waals surface area contributed by atoms with Gasteiger partial charge < -0.3 is 30.9 Å². The number of carbonyl (C=O) groups excluding carboxylic acids is 4. The Morgan fingerprint density at radius 3 is 1.12 bits per heavy atom. The number of nitrogens with two attached hydrogens (primary N) is 2. The van der Waals surface area contributed by atoms with Crippen molar-refractivity contribution in [3.8, 4) is 62.4 Å². The quantitative estimate of drug-likeness (QED) is 0.0317. The number of fused-ring (bicyclic) bond motifs is 6. The van der Waals surface area contributed by atoms with E-state index in [1.807, 2.05) is 12.1 Å². The van der Waals surface area contributed by atoms with Crippen LogP contribution in [0.3, 0.4) is 0 Å². The summed E-state index contributed by atoms with van der Waals surface area (Å²) in [5.74, 6) is -10.1. The maximum absolute atomic E-state index is 14.0. The van der Waals surface area contributed by atoms with Crippen molar-refractivity contribution in [3.63, 3.8) is 0 Å². The second-order valence-corrected chi connectivity index (χ2v) is 30.4. The Labute approximate surface area is 776 Å². The van der Waals surface area contributed by atoms with E-state index in [2.05, 4.69) is 59.7 Å². The largest absolute Gasteiger partial charge is 0.397 e. The number of hydrogen-bond donors (Lipinski definition) is 3. The molecule has 3 atom stereocenters. The fraction of sp³-hybridized carbons (Fsp3) is 0.0971. The Bertz CT molecular complexity index is 7510. The molecule has 2 amide bonds. The number of aliphatic hydroxyl groups is 1. The molecule has 1 fully saturated rings. The number of imide groups is 1. The lowest BCUT2D eigenvalue weighted by Gasteiger charge is -2.25. The number of ketones is 1. The van der Waals surface area contributed by atoms with E-state index in [0.717, 1.165) is 71.6 Å². The van der Waals surface area contributed by atoms with Crippen LogP contribution >= 0.6 is 0 Å². The van der Waals surface area contributed by atoms with Crippen molar-refractivity contribution >= 4 is 84.7 Å². The topological polar surface area (TPSA) is 332 Å². The van der Waals surface area contributed by atoms with Gasteiger partial charge in [0.15, 0.2) is 6.29 Å². The molecule has 13 heterocycles. The first kappa shape index (κ1) is 96.8. The van der Waals surface area contributed by atoms with Gasteiger partial charge in [0.05, 0.1) is 131 Å². The van der Waals surface area contributed by atoms with Gasteiger partial charge in [-0.05, 0) is 214 Å². The number of ether oxygens (including phenoxy) is 2. The van der Waals surface area contributed by atoms with Gasteiger partial charge in [0.2, 0.25) is 12.1 Å². The molecule has 0 bridgehead atoms. The number of amides is 2. The number of rotatable bonds is 13. The van der Waals surface area contributed by atoms with Gasteiger partial charge in [-0.2, -0.15) is 5.26 Å². The third kappa shape index (κ3) is 23.3. The van der Waals surface area contributed by atoms with Crippen LogP contribution in [-0.4, -0.2) is 108 Å². The molecule has 18 aromatic rings. The summed E-state index contributed by atoms with van der Waals surface area (Å²) < 4.78 is 170. The first-order valence-corrected chi connectivity index (χ1v) is 41.5. The molecule has 5 N–H and O–H groups in total. The van der Waals surface area contributed by atoms with E-state index in [-0.39, 0.29) is 74.9 Å². The molecule has 2 aliphatic rings. The summed E-state index contributed by atoms with van der Waals surface area (Å²) in [4.78, 5) is 99.1. The van der Waals surface area contributed by atoms with Crippen LogP contribution in [0.4, 0.5) is 58.4 Å². The monoisotopic (exact) mass is 1870 g/mol. The number of benzene rings is 7. The summed E-state index contributed by atoms with van der Waals surface area (Å²) in [7, 11) is 0. The summed E-state index contributed by atoms with van der Waals surface area (Å²) in [6.07, 6.45) is 9.13. The van der Waals surface area contributed by atoms with Crippen LogP contribution in [0.2, 0.25) is 0 Å². The maximum atomic E-state index is 14.0. The molecule has 3 unspecified atom stereocenters. The number of Topliss-reactive ketones (excluding diaryl/α,β-unsaturated/α-hetero) is 1. The highest BCUT2D eigenvalue weighted by Crippen LogP contribution is 2.40. The van der Waals surface area contributed by atoms with Crippen LogP contribution in [0.5, 0.6) is 0 Å². The van der Waals surface area contributed by atoms with Crippen molar-refractivity contribution in [1.29, 1.82) is 5.26 Å². The predicted molar refractivity (Wildman–Crippen MR) is 489 cm³/mol.